The summed E-state index contributed by atoms with van der Waals surface area (Å²) in [5, 5.41) is 0. The monoisotopic (exact) mass is 434 g/mol. The third-order valence-corrected chi connectivity index (χ3v) is 5.06. The lowest BCUT2D eigenvalue weighted by Crippen LogP contribution is -2.30. The number of nitrogens with zero attached hydrogens (tertiary/aromatic N) is 1. The van der Waals surface area contributed by atoms with Crippen LogP contribution in [-0.4, -0.2) is 38.0 Å². The average molecular weight is 434 g/mol. The highest BCUT2D eigenvalue weighted by atomic mass is 16.5. The highest BCUT2D eigenvalue weighted by molar-refractivity contribution is 6.00. The first kappa shape index (κ1) is 22.7. The van der Waals surface area contributed by atoms with Gasteiger partial charge in [0, 0.05) is 18.7 Å². The van der Waals surface area contributed by atoms with Crippen molar-refractivity contribution in [1.29, 1.82) is 0 Å². The fourth-order valence-corrected chi connectivity index (χ4v) is 3.32. The first-order valence-electron chi connectivity index (χ1n) is 9.98. The molecule has 32 heavy (non-hydrogen) atoms. The van der Waals surface area contributed by atoms with Gasteiger partial charge in [0.1, 0.15) is 17.2 Å². The molecule has 0 radical (unpaired) electrons. The van der Waals surface area contributed by atoms with E-state index in [-0.39, 0.29) is 11.5 Å². The highest BCUT2D eigenvalue weighted by Gasteiger charge is 2.20. The van der Waals surface area contributed by atoms with E-state index in [1.165, 1.54) is 13.2 Å². The van der Waals surface area contributed by atoms with Gasteiger partial charge in [-0.3, -0.25) is 9.59 Å². The zero-order valence-corrected chi connectivity index (χ0v) is 18.3. The van der Waals surface area contributed by atoms with Gasteiger partial charge in [-0.25, -0.2) is 0 Å². The molecule has 0 heterocycles. The van der Waals surface area contributed by atoms with Crippen LogP contribution in [0.3, 0.4) is 0 Å². The van der Waals surface area contributed by atoms with E-state index >= 15 is 0 Å². The Hall–Kier alpha value is -4.00. The fraction of sp³-hybridized carbons (Fsp3) is 0.200. The van der Waals surface area contributed by atoms with Crippen LogP contribution in [0.25, 0.3) is 0 Å². The number of methoxy groups -OCH3 is 3. The summed E-state index contributed by atoms with van der Waals surface area (Å²) in [7, 11) is 4.66. The second-order valence-electron chi connectivity index (χ2n) is 7.14. The molecule has 2 N–H and O–H groups in total. The summed E-state index contributed by atoms with van der Waals surface area (Å²) in [5.41, 5.74) is 7.86. The molecule has 3 aromatic carbocycles. The SMILES string of the molecule is COc1ccc(CN(Cc2ccc(OC)cc2)C(=O)c2ccc(OC)c(C(N)=O)c2)cc1. The molecule has 0 aromatic heterocycles. The summed E-state index contributed by atoms with van der Waals surface area (Å²) < 4.78 is 15.6. The van der Waals surface area contributed by atoms with Gasteiger partial charge in [0.2, 0.25) is 0 Å². The summed E-state index contributed by atoms with van der Waals surface area (Å²) in [4.78, 5) is 27.0. The number of benzene rings is 3. The van der Waals surface area contributed by atoms with E-state index in [0.29, 0.717) is 24.4 Å². The molecule has 7 nitrogen and oxygen atoms in total. The lowest BCUT2D eigenvalue weighted by molar-refractivity contribution is 0.0730. The summed E-state index contributed by atoms with van der Waals surface area (Å²) in [5.74, 6) is 0.909. The van der Waals surface area contributed by atoms with E-state index in [2.05, 4.69) is 0 Å². The van der Waals surface area contributed by atoms with Crippen molar-refractivity contribution in [3.63, 3.8) is 0 Å². The molecule has 3 aromatic rings. The fourth-order valence-electron chi connectivity index (χ4n) is 3.32. The van der Waals surface area contributed by atoms with E-state index in [0.717, 1.165) is 22.6 Å². The van der Waals surface area contributed by atoms with E-state index < -0.39 is 5.91 Å². The van der Waals surface area contributed by atoms with Crippen molar-refractivity contribution in [2.24, 2.45) is 5.73 Å². The Labute approximate surface area is 187 Å². The number of hydrogen-bond acceptors (Lipinski definition) is 5. The molecule has 0 unspecified atom stereocenters. The minimum Gasteiger partial charge on any atom is -0.497 e. The van der Waals surface area contributed by atoms with Crippen LogP contribution < -0.4 is 19.9 Å². The number of hydrogen-bond donors (Lipinski definition) is 1. The Kier molecular flexibility index (Phi) is 7.33. The highest BCUT2D eigenvalue weighted by Crippen LogP contribution is 2.23. The van der Waals surface area contributed by atoms with Crippen LogP contribution in [0.4, 0.5) is 0 Å². The van der Waals surface area contributed by atoms with Crippen LogP contribution in [0.5, 0.6) is 17.2 Å². The number of rotatable bonds is 9. The number of nitrogens with two attached hydrogens (primary N) is 1. The molecule has 0 atom stereocenters. The second kappa shape index (κ2) is 10.3. The second-order valence-corrected chi connectivity index (χ2v) is 7.14. The topological polar surface area (TPSA) is 91.1 Å². The number of carbonyl (C=O) groups excluding carboxylic acids is 2. The van der Waals surface area contributed by atoms with Gasteiger partial charge < -0.3 is 24.8 Å². The third kappa shape index (κ3) is 5.37. The molecule has 0 saturated heterocycles. The van der Waals surface area contributed by atoms with Gasteiger partial charge in [-0.15, -0.1) is 0 Å². The van der Waals surface area contributed by atoms with Gasteiger partial charge in [-0.2, -0.15) is 0 Å². The molecule has 2 amide bonds. The van der Waals surface area contributed by atoms with Gasteiger partial charge in [-0.05, 0) is 53.6 Å². The van der Waals surface area contributed by atoms with Crippen molar-refractivity contribution in [2.45, 2.75) is 13.1 Å². The Morgan fingerprint density at radius 1 is 0.750 bits per heavy atom. The standard InChI is InChI=1S/C25H26N2O5/c1-30-20-9-4-17(5-10-20)15-27(16-18-6-11-21(31-2)12-7-18)25(29)19-8-13-23(32-3)22(14-19)24(26)28/h4-14H,15-16H2,1-3H3,(H2,26,28). The van der Waals surface area contributed by atoms with Gasteiger partial charge in [0.15, 0.2) is 0 Å². The Balaban J connectivity index is 1.93. The first-order valence-corrected chi connectivity index (χ1v) is 9.98. The maximum absolute atomic E-state index is 13.5. The number of amides is 2. The van der Waals surface area contributed by atoms with E-state index in [4.69, 9.17) is 19.9 Å². The van der Waals surface area contributed by atoms with E-state index in [1.54, 1.807) is 31.3 Å². The Morgan fingerprint density at radius 2 is 1.25 bits per heavy atom. The molecule has 0 saturated carbocycles. The van der Waals surface area contributed by atoms with Gasteiger partial charge >= 0.3 is 0 Å². The van der Waals surface area contributed by atoms with Crippen molar-refractivity contribution in [1.82, 2.24) is 4.90 Å². The van der Waals surface area contributed by atoms with Crippen molar-refractivity contribution in [3.05, 3.63) is 89.0 Å². The first-order chi connectivity index (χ1) is 15.4. The lowest BCUT2D eigenvalue weighted by Gasteiger charge is -2.24. The smallest absolute Gasteiger partial charge is 0.254 e. The number of carbonyl (C=O) groups is 2. The molecule has 3 rings (SSSR count). The molecule has 0 bridgehead atoms. The predicted molar refractivity (Wildman–Crippen MR) is 121 cm³/mol. The summed E-state index contributed by atoms with van der Waals surface area (Å²) in [6, 6.07) is 19.7. The average Bonchev–Trinajstić information content (AvgIpc) is 2.83. The van der Waals surface area contributed by atoms with Crippen molar-refractivity contribution < 1.29 is 23.8 Å². The van der Waals surface area contributed by atoms with Crippen LogP contribution >= 0.6 is 0 Å². The van der Waals surface area contributed by atoms with Crippen LogP contribution in [-0.2, 0) is 13.1 Å². The van der Waals surface area contributed by atoms with Crippen molar-refractivity contribution >= 4 is 11.8 Å². The molecule has 166 valence electrons. The molecule has 0 aliphatic carbocycles. The molecule has 0 aliphatic rings. The number of ether oxygens (including phenoxy) is 3. The maximum Gasteiger partial charge on any atom is 0.254 e. The van der Waals surface area contributed by atoms with Crippen LogP contribution in [0.1, 0.15) is 31.8 Å². The summed E-state index contributed by atoms with van der Waals surface area (Å²) in [6.45, 7) is 0.736. The third-order valence-electron chi connectivity index (χ3n) is 5.06. The zero-order valence-electron chi connectivity index (χ0n) is 18.3. The largest absolute Gasteiger partial charge is 0.497 e. The van der Waals surface area contributed by atoms with Crippen molar-refractivity contribution in [2.75, 3.05) is 21.3 Å². The molecule has 0 fully saturated rings. The van der Waals surface area contributed by atoms with Crippen molar-refractivity contribution in [3.8, 4) is 17.2 Å². The molecule has 0 spiro atoms. The Morgan fingerprint density at radius 3 is 1.66 bits per heavy atom. The minimum absolute atomic E-state index is 0.159. The van der Waals surface area contributed by atoms with Crippen LogP contribution in [0.15, 0.2) is 66.7 Å². The van der Waals surface area contributed by atoms with Crippen LogP contribution in [0.2, 0.25) is 0 Å². The molecule has 0 aliphatic heterocycles. The van der Waals surface area contributed by atoms with Gasteiger partial charge in [0.05, 0.1) is 26.9 Å². The minimum atomic E-state index is -0.659. The van der Waals surface area contributed by atoms with E-state index in [9.17, 15) is 9.59 Å². The lowest BCUT2D eigenvalue weighted by atomic mass is 10.1. The van der Waals surface area contributed by atoms with Gasteiger partial charge in [0.25, 0.3) is 11.8 Å². The van der Waals surface area contributed by atoms with Gasteiger partial charge in [-0.1, -0.05) is 24.3 Å². The van der Waals surface area contributed by atoms with E-state index in [1.807, 2.05) is 48.5 Å². The summed E-state index contributed by atoms with van der Waals surface area (Å²) in [6.07, 6.45) is 0. The van der Waals surface area contributed by atoms with Crippen LogP contribution in [0, 0.1) is 0 Å². The predicted octanol–water partition coefficient (Wildman–Crippen LogP) is 3.65. The Bertz CT molecular complexity index is 1030. The normalized spacial score (nSPS) is 10.3. The molecule has 7 heteroatoms. The molecular formula is C25H26N2O5. The summed E-state index contributed by atoms with van der Waals surface area (Å²) >= 11 is 0. The zero-order chi connectivity index (χ0) is 23.1. The number of primary amides is 1. The molecular weight excluding hydrogens is 408 g/mol. The quantitative estimate of drug-likeness (QED) is 0.555. The maximum atomic E-state index is 13.5.